The van der Waals surface area contributed by atoms with E-state index in [-0.39, 0.29) is 20.7 Å². The molecule has 0 aliphatic carbocycles. The van der Waals surface area contributed by atoms with E-state index in [0.29, 0.717) is 22.6 Å². The average molecular weight is 465 g/mol. The number of amides is 1. The van der Waals surface area contributed by atoms with Crippen LogP contribution < -0.4 is 10.0 Å². The first-order valence-electron chi connectivity index (χ1n) is 8.58. The lowest BCUT2D eigenvalue weighted by atomic mass is 10.0. The van der Waals surface area contributed by atoms with Crippen molar-refractivity contribution >= 4 is 56.1 Å². The van der Waals surface area contributed by atoms with Gasteiger partial charge in [0.1, 0.15) is 20.5 Å². The molecule has 30 heavy (non-hydrogen) atoms. The van der Waals surface area contributed by atoms with Crippen molar-refractivity contribution in [2.45, 2.75) is 32.6 Å². The number of hydrogen-bond acceptors (Lipinski definition) is 6. The van der Waals surface area contributed by atoms with Crippen molar-refractivity contribution in [1.29, 1.82) is 0 Å². The van der Waals surface area contributed by atoms with Crippen LogP contribution >= 0.6 is 22.9 Å². The zero-order chi connectivity index (χ0) is 22.2. The molecule has 2 aromatic heterocycles. The van der Waals surface area contributed by atoms with E-state index in [0.717, 1.165) is 22.5 Å². The Morgan fingerprint density at radius 3 is 2.57 bits per heavy atom. The molecule has 2 heterocycles. The highest BCUT2D eigenvalue weighted by molar-refractivity contribution is 7.93. The minimum absolute atomic E-state index is 0.0345. The number of sulfonamides is 1. The first kappa shape index (κ1) is 21.8. The summed E-state index contributed by atoms with van der Waals surface area (Å²) in [6, 6.07) is 3.17. The third kappa shape index (κ3) is 3.92. The molecular formula is C19H17ClN4O4S2. The monoisotopic (exact) mass is 464 g/mol. The van der Waals surface area contributed by atoms with Crippen LogP contribution in [0.15, 0.2) is 26.9 Å². The molecule has 1 amide bonds. The molecule has 0 atom stereocenters. The second-order valence-corrected chi connectivity index (χ2v) is 9.50. The van der Waals surface area contributed by atoms with E-state index in [1.165, 1.54) is 11.4 Å². The van der Waals surface area contributed by atoms with Gasteiger partial charge >= 0.3 is 0 Å². The van der Waals surface area contributed by atoms with Crippen LogP contribution in [-0.4, -0.2) is 19.5 Å². The Balaban J connectivity index is 1.96. The topological polar surface area (TPSA) is 106 Å². The van der Waals surface area contributed by atoms with Crippen molar-refractivity contribution in [3.8, 4) is 0 Å². The molecular weight excluding hydrogens is 448 g/mol. The van der Waals surface area contributed by atoms with Gasteiger partial charge in [-0.05, 0) is 50.3 Å². The summed E-state index contributed by atoms with van der Waals surface area (Å²) in [5.74, 6) is -0.867. The van der Waals surface area contributed by atoms with Gasteiger partial charge in [0, 0.05) is 5.69 Å². The van der Waals surface area contributed by atoms with Gasteiger partial charge in [-0.2, -0.15) is 0 Å². The highest BCUT2D eigenvalue weighted by Crippen LogP contribution is 2.36. The maximum atomic E-state index is 12.9. The minimum Gasteiger partial charge on any atom is -0.336 e. The molecule has 11 heteroatoms. The molecule has 0 unspecified atom stereocenters. The van der Waals surface area contributed by atoms with Crippen LogP contribution in [0.4, 0.5) is 17.3 Å². The highest BCUT2D eigenvalue weighted by atomic mass is 35.5. The van der Waals surface area contributed by atoms with Crippen molar-refractivity contribution in [1.82, 2.24) is 5.16 Å². The smallest absolute Gasteiger partial charge is 0.266 e. The fraction of sp³-hybridized carbons (Fsp3) is 0.211. The zero-order valence-electron chi connectivity index (χ0n) is 16.5. The van der Waals surface area contributed by atoms with E-state index in [9.17, 15) is 13.2 Å². The highest BCUT2D eigenvalue weighted by Gasteiger charge is 2.27. The van der Waals surface area contributed by atoms with E-state index in [1.807, 2.05) is 13.0 Å². The fourth-order valence-electron chi connectivity index (χ4n) is 2.81. The number of benzene rings is 1. The van der Waals surface area contributed by atoms with Crippen LogP contribution in [0.3, 0.4) is 0 Å². The Kier molecular flexibility index (Phi) is 5.90. The van der Waals surface area contributed by atoms with Gasteiger partial charge in [-0.1, -0.05) is 28.4 Å². The number of aryl methyl sites for hydroxylation is 3. The van der Waals surface area contributed by atoms with E-state index in [1.54, 1.807) is 20.8 Å². The summed E-state index contributed by atoms with van der Waals surface area (Å²) in [6.45, 7) is 14.5. The third-order valence-corrected chi connectivity index (χ3v) is 7.36. The van der Waals surface area contributed by atoms with E-state index in [4.69, 9.17) is 22.7 Å². The van der Waals surface area contributed by atoms with Gasteiger partial charge in [0.05, 0.1) is 6.57 Å². The number of carbonyl (C=O) groups excluding carboxylic acids is 1. The maximum Gasteiger partial charge on any atom is 0.266 e. The first-order valence-corrected chi connectivity index (χ1v) is 11.3. The van der Waals surface area contributed by atoms with Crippen molar-refractivity contribution in [2.75, 3.05) is 10.0 Å². The number of carbonyl (C=O) groups is 1. The number of thiophene rings is 1. The Morgan fingerprint density at radius 2 is 1.97 bits per heavy atom. The van der Waals surface area contributed by atoms with Gasteiger partial charge in [0.2, 0.25) is 5.69 Å². The summed E-state index contributed by atoms with van der Waals surface area (Å²) in [7, 11) is -4.17. The Labute approximate surface area is 182 Å². The summed E-state index contributed by atoms with van der Waals surface area (Å²) in [5, 5.41) is 7.82. The largest absolute Gasteiger partial charge is 0.336 e. The quantitative estimate of drug-likeness (QED) is 0.503. The molecule has 3 aromatic rings. The minimum atomic E-state index is -4.17. The first-order chi connectivity index (χ1) is 14.1. The van der Waals surface area contributed by atoms with Crippen molar-refractivity contribution in [3.63, 3.8) is 0 Å². The molecule has 0 aliphatic rings. The molecule has 0 saturated carbocycles. The lowest BCUT2D eigenvalue weighted by Gasteiger charge is -2.14. The predicted octanol–water partition coefficient (Wildman–Crippen LogP) is 5.23. The molecule has 156 valence electrons. The van der Waals surface area contributed by atoms with Gasteiger partial charge in [-0.25, -0.2) is 18.0 Å². The van der Waals surface area contributed by atoms with E-state index in [2.05, 4.69) is 20.0 Å². The average Bonchev–Trinajstić information content (AvgIpc) is 3.29. The van der Waals surface area contributed by atoms with Crippen molar-refractivity contribution < 1.29 is 17.7 Å². The van der Waals surface area contributed by atoms with Crippen molar-refractivity contribution in [3.05, 3.63) is 61.2 Å². The number of aromatic nitrogens is 1. The molecule has 0 bridgehead atoms. The Bertz CT molecular complexity index is 1300. The van der Waals surface area contributed by atoms with Gasteiger partial charge in [-0.15, -0.1) is 11.3 Å². The molecule has 0 saturated heterocycles. The second-order valence-electron chi connectivity index (χ2n) is 6.56. The molecule has 2 N–H and O–H groups in total. The summed E-state index contributed by atoms with van der Waals surface area (Å²) < 4.78 is 32.7. The number of nitrogens with zero attached hydrogens (tertiary/aromatic N) is 2. The number of rotatable bonds is 5. The predicted molar refractivity (Wildman–Crippen MR) is 116 cm³/mol. The Morgan fingerprint density at radius 1 is 1.27 bits per heavy atom. The molecule has 0 fully saturated rings. The molecule has 0 spiro atoms. The van der Waals surface area contributed by atoms with Crippen molar-refractivity contribution in [2.24, 2.45) is 0 Å². The fourth-order valence-corrected chi connectivity index (χ4v) is 5.30. The second kappa shape index (κ2) is 8.10. The Hall–Kier alpha value is -2.87. The molecule has 1 aromatic carbocycles. The van der Waals surface area contributed by atoms with Gasteiger partial charge in [0.25, 0.3) is 21.8 Å². The molecule has 0 aliphatic heterocycles. The number of hydrogen-bond donors (Lipinski definition) is 2. The molecule has 0 radical (unpaired) electrons. The number of nitrogens with one attached hydrogen (secondary N) is 2. The van der Waals surface area contributed by atoms with E-state index >= 15 is 0 Å². The third-order valence-electron chi connectivity index (χ3n) is 4.50. The van der Waals surface area contributed by atoms with E-state index < -0.39 is 15.9 Å². The summed E-state index contributed by atoms with van der Waals surface area (Å²) >= 11 is 6.94. The molecule has 8 nitrogen and oxygen atoms in total. The van der Waals surface area contributed by atoms with Crippen LogP contribution in [-0.2, 0) is 10.0 Å². The maximum absolute atomic E-state index is 12.9. The van der Waals surface area contributed by atoms with Gasteiger partial charge in [-0.3, -0.25) is 4.79 Å². The SMILES string of the molecule is [C-]#[N+]c1c(C)c(C)cc(C)c1NC(=O)c1sccc1S(=O)(=O)Nc1onc(C)c1Cl. The van der Waals surface area contributed by atoms with Crippen LogP contribution in [0, 0.1) is 34.3 Å². The standard InChI is InChI=1S/C19H17ClN4O4S2/c1-9-8-10(2)15(16(21-5)11(9)3)22-18(25)17-13(6-7-29-17)30(26,27)24-19-14(20)12(4)23-28-19/h6-8,24H,1-4H3,(H,22,25). The summed E-state index contributed by atoms with van der Waals surface area (Å²) in [5.41, 5.74) is 3.40. The summed E-state index contributed by atoms with van der Waals surface area (Å²) in [4.78, 5) is 16.2. The van der Waals surface area contributed by atoms with Crippen LogP contribution in [0.2, 0.25) is 5.02 Å². The van der Waals surface area contributed by atoms with Crippen LogP contribution in [0.5, 0.6) is 0 Å². The summed E-state index contributed by atoms with van der Waals surface area (Å²) in [6.07, 6.45) is 0. The lowest BCUT2D eigenvalue weighted by Crippen LogP contribution is -2.19. The van der Waals surface area contributed by atoms with Crippen LogP contribution in [0.25, 0.3) is 4.85 Å². The lowest BCUT2D eigenvalue weighted by molar-refractivity contribution is 0.102. The van der Waals surface area contributed by atoms with Gasteiger partial charge in [0.15, 0.2) is 0 Å². The number of halogens is 1. The number of anilines is 2. The normalized spacial score (nSPS) is 11.2. The zero-order valence-corrected chi connectivity index (χ0v) is 18.8. The molecule has 3 rings (SSSR count). The van der Waals surface area contributed by atoms with Gasteiger partial charge < -0.3 is 9.84 Å². The van der Waals surface area contributed by atoms with Crippen LogP contribution in [0.1, 0.15) is 32.1 Å².